The predicted molar refractivity (Wildman–Crippen MR) is 73.9 cm³/mol. The number of hydrogen-bond acceptors (Lipinski definition) is 4. The summed E-state index contributed by atoms with van der Waals surface area (Å²) in [5.41, 5.74) is 1.03. The van der Waals surface area contributed by atoms with Gasteiger partial charge in [-0.1, -0.05) is 31.1 Å². The van der Waals surface area contributed by atoms with E-state index in [2.05, 4.69) is 12.2 Å². The molecule has 2 atom stereocenters. The summed E-state index contributed by atoms with van der Waals surface area (Å²) < 4.78 is 0. The Balaban J connectivity index is 1.81. The number of rotatable bonds is 4. The van der Waals surface area contributed by atoms with Crippen LogP contribution in [-0.4, -0.2) is 11.0 Å². The Morgan fingerprint density at radius 2 is 2.28 bits per heavy atom. The Morgan fingerprint density at radius 1 is 1.44 bits per heavy atom. The summed E-state index contributed by atoms with van der Waals surface area (Å²) in [6, 6.07) is 2.26. The maximum absolute atomic E-state index is 10.6. The molecule has 4 nitrogen and oxygen atoms in total. The lowest BCUT2D eigenvalue weighted by molar-refractivity contribution is -0.380. The number of nitro groups is 1. The van der Waals surface area contributed by atoms with Crippen molar-refractivity contribution in [1.29, 1.82) is 0 Å². The number of nitrogens with one attached hydrogen (secondary N) is 1. The minimum absolute atomic E-state index is 0.237. The molecule has 0 aliphatic heterocycles. The van der Waals surface area contributed by atoms with Gasteiger partial charge in [-0.2, -0.15) is 0 Å². The molecule has 1 heterocycles. The summed E-state index contributed by atoms with van der Waals surface area (Å²) in [5, 5.41) is 16.2. The van der Waals surface area contributed by atoms with E-state index < -0.39 is 0 Å². The fraction of sp³-hybridized carbons (Fsp3) is 0.692. The second kappa shape index (κ2) is 6.29. The van der Waals surface area contributed by atoms with Crippen molar-refractivity contribution in [2.24, 2.45) is 5.92 Å². The molecule has 0 radical (unpaired) electrons. The van der Waals surface area contributed by atoms with Gasteiger partial charge in [0, 0.05) is 24.0 Å². The third kappa shape index (κ3) is 3.78. The summed E-state index contributed by atoms with van der Waals surface area (Å²) in [5.74, 6) is 0.846. The van der Waals surface area contributed by atoms with Crippen LogP contribution in [0.5, 0.6) is 0 Å². The van der Waals surface area contributed by atoms with Gasteiger partial charge in [0.1, 0.15) is 0 Å². The van der Waals surface area contributed by atoms with Crippen LogP contribution in [0, 0.1) is 16.0 Å². The second-order valence-corrected chi connectivity index (χ2v) is 6.13. The molecule has 0 spiro atoms. The summed E-state index contributed by atoms with van der Waals surface area (Å²) in [7, 11) is 0. The first-order valence-corrected chi connectivity index (χ1v) is 7.48. The van der Waals surface area contributed by atoms with Gasteiger partial charge in [0.05, 0.1) is 4.92 Å². The van der Waals surface area contributed by atoms with Gasteiger partial charge in [-0.25, -0.2) is 0 Å². The van der Waals surface area contributed by atoms with Crippen LogP contribution in [0.4, 0.5) is 5.00 Å². The molecule has 1 aromatic rings. The average molecular weight is 268 g/mol. The average Bonchev–Trinajstić information content (AvgIpc) is 2.72. The zero-order valence-corrected chi connectivity index (χ0v) is 11.5. The Hall–Kier alpha value is -0.940. The molecule has 0 bridgehead atoms. The van der Waals surface area contributed by atoms with E-state index in [1.54, 1.807) is 6.07 Å². The lowest BCUT2D eigenvalue weighted by atomic mass is 10.0. The van der Waals surface area contributed by atoms with Crippen molar-refractivity contribution >= 4 is 16.3 Å². The van der Waals surface area contributed by atoms with E-state index in [0.29, 0.717) is 6.04 Å². The summed E-state index contributed by atoms with van der Waals surface area (Å²) >= 11 is 1.21. The molecule has 18 heavy (non-hydrogen) atoms. The second-order valence-electron chi connectivity index (χ2n) is 5.24. The van der Waals surface area contributed by atoms with Crippen LogP contribution in [0.3, 0.4) is 0 Å². The van der Waals surface area contributed by atoms with Crippen molar-refractivity contribution in [2.45, 2.75) is 51.6 Å². The molecule has 1 fully saturated rings. The van der Waals surface area contributed by atoms with E-state index in [4.69, 9.17) is 0 Å². The van der Waals surface area contributed by atoms with Crippen molar-refractivity contribution in [3.8, 4) is 0 Å². The largest absolute Gasteiger partial charge is 0.324 e. The Morgan fingerprint density at radius 3 is 3.00 bits per heavy atom. The molecular weight excluding hydrogens is 248 g/mol. The lowest BCUT2D eigenvalue weighted by Gasteiger charge is -2.15. The van der Waals surface area contributed by atoms with Gasteiger partial charge in [0.2, 0.25) is 0 Å². The quantitative estimate of drug-likeness (QED) is 0.514. The van der Waals surface area contributed by atoms with Gasteiger partial charge in [0.15, 0.2) is 0 Å². The molecule has 1 aliphatic carbocycles. The van der Waals surface area contributed by atoms with Gasteiger partial charge < -0.3 is 5.32 Å². The van der Waals surface area contributed by atoms with Crippen molar-refractivity contribution < 1.29 is 4.92 Å². The van der Waals surface area contributed by atoms with E-state index in [0.717, 1.165) is 18.0 Å². The van der Waals surface area contributed by atoms with E-state index in [1.807, 2.05) is 5.38 Å². The van der Waals surface area contributed by atoms with Crippen LogP contribution in [0.1, 0.15) is 44.6 Å². The Labute approximate surface area is 112 Å². The first kappa shape index (κ1) is 13.5. The van der Waals surface area contributed by atoms with Gasteiger partial charge in [-0.15, -0.1) is 0 Å². The van der Waals surface area contributed by atoms with E-state index in [9.17, 15) is 10.1 Å². The topological polar surface area (TPSA) is 55.2 Å². The highest BCUT2D eigenvalue weighted by molar-refractivity contribution is 7.13. The Bertz CT molecular complexity index is 405. The van der Waals surface area contributed by atoms with E-state index in [1.165, 1.54) is 43.4 Å². The summed E-state index contributed by atoms with van der Waals surface area (Å²) in [6.45, 7) is 3.08. The molecule has 1 aliphatic rings. The SMILES string of the molecule is CC1CCCC(NCc2csc([N+](=O)[O-])c2)CC1. The number of hydrogen-bond donors (Lipinski definition) is 1. The van der Waals surface area contributed by atoms with Crippen molar-refractivity contribution in [1.82, 2.24) is 5.32 Å². The van der Waals surface area contributed by atoms with Gasteiger partial charge >= 0.3 is 5.00 Å². The summed E-state index contributed by atoms with van der Waals surface area (Å²) in [4.78, 5) is 10.3. The first-order chi connectivity index (χ1) is 8.65. The van der Waals surface area contributed by atoms with Crippen molar-refractivity contribution in [2.75, 3.05) is 0 Å². The molecular formula is C13H20N2O2S. The zero-order valence-electron chi connectivity index (χ0n) is 10.7. The molecule has 100 valence electrons. The van der Waals surface area contributed by atoms with Crippen LogP contribution in [-0.2, 0) is 6.54 Å². The maximum atomic E-state index is 10.6. The standard InChI is InChI=1S/C13H20N2O2S/c1-10-3-2-4-12(6-5-10)14-8-11-7-13(15(16)17)18-9-11/h7,9-10,12,14H,2-6,8H2,1H3. The smallest absolute Gasteiger partial charge is 0.310 e. The van der Waals surface area contributed by atoms with E-state index >= 15 is 0 Å². The summed E-state index contributed by atoms with van der Waals surface area (Å²) in [6.07, 6.45) is 6.39. The fourth-order valence-corrected chi connectivity index (χ4v) is 3.23. The molecule has 0 saturated heterocycles. The third-order valence-electron chi connectivity index (χ3n) is 3.67. The third-order valence-corrected chi connectivity index (χ3v) is 4.60. The normalized spacial score (nSPS) is 24.7. The first-order valence-electron chi connectivity index (χ1n) is 6.60. The Kier molecular flexibility index (Phi) is 4.72. The monoisotopic (exact) mass is 268 g/mol. The fourth-order valence-electron chi connectivity index (χ4n) is 2.50. The minimum Gasteiger partial charge on any atom is -0.310 e. The molecule has 0 amide bonds. The van der Waals surface area contributed by atoms with Crippen molar-refractivity contribution in [3.05, 3.63) is 27.1 Å². The van der Waals surface area contributed by atoms with Crippen LogP contribution < -0.4 is 5.32 Å². The molecule has 0 aromatic carbocycles. The van der Waals surface area contributed by atoms with Gasteiger partial charge in [0.25, 0.3) is 0 Å². The van der Waals surface area contributed by atoms with Gasteiger partial charge in [-0.3, -0.25) is 10.1 Å². The van der Waals surface area contributed by atoms with Crippen molar-refractivity contribution in [3.63, 3.8) is 0 Å². The highest BCUT2D eigenvalue weighted by Gasteiger charge is 2.16. The molecule has 5 heteroatoms. The number of thiophene rings is 1. The van der Waals surface area contributed by atoms with Crippen LogP contribution in [0.15, 0.2) is 11.4 Å². The lowest BCUT2D eigenvalue weighted by Crippen LogP contribution is -2.27. The van der Waals surface area contributed by atoms with Crippen LogP contribution >= 0.6 is 11.3 Å². The van der Waals surface area contributed by atoms with Crippen LogP contribution in [0.25, 0.3) is 0 Å². The van der Waals surface area contributed by atoms with Gasteiger partial charge in [-0.05, 0) is 30.7 Å². The highest BCUT2D eigenvalue weighted by Crippen LogP contribution is 2.25. The molecule has 1 aromatic heterocycles. The number of nitrogens with zero attached hydrogens (tertiary/aromatic N) is 1. The highest BCUT2D eigenvalue weighted by atomic mass is 32.1. The molecule has 1 N–H and O–H groups in total. The van der Waals surface area contributed by atoms with E-state index in [-0.39, 0.29) is 9.92 Å². The zero-order chi connectivity index (χ0) is 13.0. The molecule has 2 unspecified atom stereocenters. The van der Waals surface area contributed by atoms with Crippen LogP contribution in [0.2, 0.25) is 0 Å². The predicted octanol–water partition coefficient (Wildman–Crippen LogP) is 3.71. The molecule has 2 rings (SSSR count). The minimum atomic E-state index is -0.318. The maximum Gasteiger partial charge on any atom is 0.324 e. The molecule has 1 saturated carbocycles.